The van der Waals surface area contributed by atoms with Crippen LogP contribution in [0.3, 0.4) is 0 Å². The van der Waals surface area contributed by atoms with E-state index >= 15 is 0 Å². The van der Waals surface area contributed by atoms with Gasteiger partial charge in [0.15, 0.2) is 0 Å². The van der Waals surface area contributed by atoms with Crippen LogP contribution in [0, 0.1) is 0 Å². The Bertz CT molecular complexity index is 791. The van der Waals surface area contributed by atoms with Gasteiger partial charge in [-0.1, -0.05) is 32.3 Å². The van der Waals surface area contributed by atoms with Gasteiger partial charge in [0.2, 0.25) is 11.8 Å². The first-order valence-corrected chi connectivity index (χ1v) is 11.5. The highest BCUT2D eigenvalue weighted by Crippen LogP contribution is 2.27. The van der Waals surface area contributed by atoms with E-state index in [4.69, 9.17) is 0 Å². The van der Waals surface area contributed by atoms with Gasteiger partial charge in [-0.3, -0.25) is 19.7 Å². The lowest BCUT2D eigenvalue weighted by molar-refractivity contribution is -0.149. The molecule has 1 aromatic rings. The number of nitrogens with zero attached hydrogens (tertiary/aromatic N) is 1. The Balaban J connectivity index is 1.80. The molecule has 5 amide bonds. The van der Waals surface area contributed by atoms with Crippen LogP contribution in [0.25, 0.3) is 0 Å². The summed E-state index contributed by atoms with van der Waals surface area (Å²) in [5, 5.41) is 9.70. The van der Waals surface area contributed by atoms with Crippen LogP contribution in [0.4, 0.5) is 4.79 Å². The van der Waals surface area contributed by atoms with E-state index in [1.165, 1.54) is 17.8 Å². The molecule has 1 aliphatic carbocycles. The van der Waals surface area contributed by atoms with Crippen molar-refractivity contribution in [2.45, 2.75) is 83.0 Å². The van der Waals surface area contributed by atoms with Crippen LogP contribution in [0.15, 0.2) is 17.5 Å². The molecule has 8 nitrogen and oxygen atoms in total. The molecule has 30 heavy (non-hydrogen) atoms. The van der Waals surface area contributed by atoms with Crippen LogP contribution in [0.2, 0.25) is 0 Å². The molecular formula is C21H30N4O4S. The Hall–Kier alpha value is -2.42. The standard InChI is InChI=1S/C21H30N4O4S/c1-3-21(2,19(28)22-14-8-5-4-6-9-14)25(13-15-10-7-11-30-15)17(26)12-16-18(27)24-20(29)23-16/h7,10-11,14,16H,3-6,8-9,12-13H2,1-2H3,(H,22,28)(H2,23,24,27,29)/t16-,21-/m0/s1. The molecule has 3 N–H and O–H groups in total. The van der Waals surface area contributed by atoms with E-state index in [0.717, 1.165) is 30.6 Å². The quantitative estimate of drug-likeness (QED) is 0.546. The number of rotatable bonds is 8. The lowest BCUT2D eigenvalue weighted by Crippen LogP contribution is -2.60. The molecule has 0 radical (unpaired) electrons. The summed E-state index contributed by atoms with van der Waals surface area (Å²) in [6.45, 7) is 3.95. The Morgan fingerprint density at radius 3 is 2.57 bits per heavy atom. The zero-order chi connectivity index (χ0) is 21.7. The second-order valence-corrected chi connectivity index (χ2v) is 9.25. The summed E-state index contributed by atoms with van der Waals surface area (Å²) in [4.78, 5) is 52.5. The van der Waals surface area contributed by atoms with E-state index in [-0.39, 0.29) is 30.8 Å². The molecule has 1 saturated carbocycles. The van der Waals surface area contributed by atoms with Crippen molar-refractivity contribution in [2.75, 3.05) is 0 Å². The van der Waals surface area contributed by atoms with Crippen LogP contribution in [0.1, 0.15) is 63.7 Å². The maximum atomic E-state index is 13.3. The Morgan fingerprint density at radius 1 is 1.27 bits per heavy atom. The van der Waals surface area contributed by atoms with Crippen molar-refractivity contribution >= 4 is 35.1 Å². The molecule has 2 fully saturated rings. The topological polar surface area (TPSA) is 108 Å². The minimum absolute atomic E-state index is 0.135. The van der Waals surface area contributed by atoms with E-state index in [1.54, 1.807) is 11.8 Å². The third kappa shape index (κ3) is 5.00. The van der Waals surface area contributed by atoms with Crippen molar-refractivity contribution in [1.82, 2.24) is 20.9 Å². The summed E-state index contributed by atoms with van der Waals surface area (Å²) in [5.74, 6) is -1.02. The number of carbonyl (C=O) groups excluding carboxylic acids is 4. The largest absolute Gasteiger partial charge is 0.351 e. The van der Waals surface area contributed by atoms with Crippen molar-refractivity contribution in [2.24, 2.45) is 0 Å². The molecule has 164 valence electrons. The molecule has 9 heteroatoms. The first-order chi connectivity index (χ1) is 14.3. The van der Waals surface area contributed by atoms with Gasteiger partial charge in [-0.15, -0.1) is 11.3 Å². The van der Waals surface area contributed by atoms with Gasteiger partial charge in [-0.05, 0) is 37.6 Å². The van der Waals surface area contributed by atoms with Crippen molar-refractivity contribution < 1.29 is 19.2 Å². The highest BCUT2D eigenvalue weighted by Gasteiger charge is 2.43. The van der Waals surface area contributed by atoms with Gasteiger partial charge >= 0.3 is 6.03 Å². The average Bonchev–Trinajstić information content (AvgIpc) is 3.35. The number of hydrogen-bond acceptors (Lipinski definition) is 5. The van der Waals surface area contributed by atoms with Gasteiger partial charge in [0.05, 0.1) is 13.0 Å². The summed E-state index contributed by atoms with van der Waals surface area (Å²) in [6, 6.07) is 2.44. The van der Waals surface area contributed by atoms with Crippen LogP contribution in [-0.4, -0.2) is 46.3 Å². The van der Waals surface area contributed by atoms with Crippen LogP contribution < -0.4 is 16.0 Å². The summed E-state index contributed by atoms with van der Waals surface area (Å²) in [7, 11) is 0. The summed E-state index contributed by atoms with van der Waals surface area (Å²) >= 11 is 1.51. The monoisotopic (exact) mass is 434 g/mol. The Kier molecular flexibility index (Phi) is 7.12. The molecule has 0 bridgehead atoms. The van der Waals surface area contributed by atoms with Gasteiger partial charge in [-0.2, -0.15) is 0 Å². The molecule has 1 saturated heterocycles. The minimum Gasteiger partial charge on any atom is -0.351 e. The van der Waals surface area contributed by atoms with Gasteiger partial charge in [0.25, 0.3) is 5.91 Å². The van der Waals surface area contributed by atoms with E-state index in [1.807, 2.05) is 24.4 Å². The van der Waals surface area contributed by atoms with E-state index in [2.05, 4.69) is 16.0 Å². The van der Waals surface area contributed by atoms with Gasteiger partial charge in [0, 0.05) is 10.9 Å². The molecular weight excluding hydrogens is 404 g/mol. The third-order valence-electron chi connectivity index (χ3n) is 6.15. The molecule has 0 spiro atoms. The number of carbonyl (C=O) groups is 4. The highest BCUT2D eigenvalue weighted by molar-refractivity contribution is 7.09. The van der Waals surface area contributed by atoms with Gasteiger partial charge < -0.3 is 15.5 Å². The van der Waals surface area contributed by atoms with Crippen molar-refractivity contribution in [3.8, 4) is 0 Å². The number of nitrogens with one attached hydrogen (secondary N) is 3. The van der Waals surface area contributed by atoms with Crippen molar-refractivity contribution in [3.63, 3.8) is 0 Å². The lowest BCUT2D eigenvalue weighted by Gasteiger charge is -2.41. The first-order valence-electron chi connectivity index (χ1n) is 10.6. The molecule has 2 heterocycles. The fraction of sp³-hybridized carbons (Fsp3) is 0.619. The highest BCUT2D eigenvalue weighted by atomic mass is 32.1. The maximum Gasteiger partial charge on any atom is 0.322 e. The summed E-state index contributed by atoms with van der Waals surface area (Å²) in [6.07, 6.45) is 5.55. The second-order valence-electron chi connectivity index (χ2n) is 8.21. The number of urea groups is 1. The van der Waals surface area contributed by atoms with Gasteiger partial charge in [0.1, 0.15) is 11.6 Å². The van der Waals surface area contributed by atoms with E-state index < -0.39 is 23.5 Å². The normalized spacial score (nSPS) is 21.5. The van der Waals surface area contributed by atoms with Crippen LogP contribution in [0.5, 0.6) is 0 Å². The van der Waals surface area contributed by atoms with Gasteiger partial charge in [-0.25, -0.2) is 4.79 Å². The number of thiophene rings is 1. The van der Waals surface area contributed by atoms with Crippen LogP contribution in [-0.2, 0) is 20.9 Å². The van der Waals surface area contributed by atoms with Crippen molar-refractivity contribution in [3.05, 3.63) is 22.4 Å². The predicted molar refractivity (Wildman–Crippen MR) is 114 cm³/mol. The molecule has 2 aliphatic rings. The lowest BCUT2D eigenvalue weighted by atomic mass is 9.90. The van der Waals surface area contributed by atoms with E-state index in [0.29, 0.717) is 6.42 Å². The fourth-order valence-corrected chi connectivity index (χ4v) is 4.74. The van der Waals surface area contributed by atoms with E-state index in [9.17, 15) is 19.2 Å². The first kappa shape index (κ1) is 22.3. The molecule has 1 aromatic heterocycles. The Labute approximate surface area is 180 Å². The average molecular weight is 435 g/mol. The van der Waals surface area contributed by atoms with Crippen molar-refractivity contribution in [1.29, 1.82) is 0 Å². The maximum absolute atomic E-state index is 13.3. The molecule has 2 atom stereocenters. The molecule has 1 aliphatic heterocycles. The number of amides is 5. The second kappa shape index (κ2) is 9.59. The fourth-order valence-electron chi connectivity index (χ4n) is 4.05. The number of imide groups is 1. The summed E-state index contributed by atoms with van der Waals surface area (Å²) in [5.41, 5.74) is -1.06. The van der Waals surface area contributed by atoms with Crippen LogP contribution >= 0.6 is 11.3 Å². The molecule has 0 aromatic carbocycles. The molecule has 0 unspecified atom stereocenters. The third-order valence-corrected chi connectivity index (χ3v) is 7.01. The SMILES string of the molecule is CC[C@@](C)(C(=O)NC1CCCCC1)N(Cc1cccs1)C(=O)C[C@@H]1NC(=O)NC1=O. The zero-order valence-electron chi connectivity index (χ0n) is 17.5. The molecule has 3 rings (SSSR count). The minimum atomic E-state index is -1.06. The predicted octanol–water partition coefficient (Wildman–Crippen LogP) is 2.29. The zero-order valence-corrected chi connectivity index (χ0v) is 18.3. The smallest absolute Gasteiger partial charge is 0.322 e. The Morgan fingerprint density at radius 2 is 2.00 bits per heavy atom. The number of hydrogen-bond donors (Lipinski definition) is 3. The summed E-state index contributed by atoms with van der Waals surface area (Å²) < 4.78 is 0.